The first-order valence-electron chi connectivity index (χ1n) is 9.84. The van der Waals surface area contributed by atoms with Gasteiger partial charge in [-0.15, -0.1) is 0 Å². The average molecular weight is 399 g/mol. The van der Waals surface area contributed by atoms with Crippen LogP contribution in [0.4, 0.5) is 0 Å². The van der Waals surface area contributed by atoms with Gasteiger partial charge in [0.25, 0.3) is 0 Å². The highest BCUT2D eigenvalue weighted by atomic mass is 32.2. The van der Waals surface area contributed by atoms with Gasteiger partial charge in [-0.1, -0.05) is 26.0 Å². The zero-order chi connectivity index (χ0) is 20.1. The Hall–Kier alpha value is -2.21. The lowest BCUT2D eigenvalue weighted by molar-refractivity contribution is -0.125. The summed E-state index contributed by atoms with van der Waals surface area (Å²) in [5.74, 6) is 2.37. The van der Waals surface area contributed by atoms with Crippen molar-refractivity contribution in [3.8, 4) is 0 Å². The van der Waals surface area contributed by atoms with E-state index in [2.05, 4.69) is 36.1 Å². The van der Waals surface area contributed by atoms with Crippen molar-refractivity contribution in [3.63, 3.8) is 0 Å². The third-order valence-corrected chi connectivity index (χ3v) is 5.69. The molecule has 150 valence electrons. The van der Waals surface area contributed by atoms with E-state index in [1.807, 2.05) is 54.3 Å². The van der Waals surface area contributed by atoms with Crippen LogP contribution in [0.25, 0.3) is 11.0 Å². The van der Waals surface area contributed by atoms with Crippen LogP contribution in [-0.2, 0) is 11.8 Å². The maximum Gasteiger partial charge on any atom is 0.243 e. The molecule has 0 aliphatic rings. The van der Waals surface area contributed by atoms with Crippen LogP contribution in [-0.4, -0.2) is 32.0 Å². The Morgan fingerprint density at radius 1 is 1.18 bits per heavy atom. The van der Waals surface area contributed by atoms with E-state index in [0.717, 1.165) is 35.5 Å². The number of fused-ring (bicyclic) bond motifs is 1. The van der Waals surface area contributed by atoms with Gasteiger partial charge >= 0.3 is 0 Å². The van der Waals surface area contributed by atoms with Crippen molar-refractivity contribution in [3.05, 3.63) is 54.6 Å². The molecular weight excluding hydrogens is 368 g/mol. The molecule has 0 aliphatic heterocycles. The van der Waals surface area contributed by atoms with Crippen molar-refractivity contribution in [2.45, 2.75) is 38.8 Å². The molecule has 0 bridgehead atoms. The van der Waals surface area contributed by atoms with Gasteiger partial charge in [0.2, 0.25) is 5.91 Å². The molecule has 2 aromatic heterocycles. The van der Waals surface area contributed by atoms with Crippen LogP contribution >= 0.6 is 11.8 Å². The number of benzene rings is 1. The number of para-hydroxylation sites is 2. The van der Waals surface area contributed by atoms with Crippen LogP contribution in [0.5, 0.6) is 0 Å². The zero-order valence-electron chi connectivity index (χ0n) is 17.1. The maximum atomic E-state index is 13.3. The molecule has 0 fully saturated rings. The number of aryl methyl sites for hydroxylation is 1. The van der Waals surface area contributed by atoms with E-state index in [4.69, 9.17) is 4.98 Å². The molecule has 3 aromatic rings. The molecule has 0 aliphatic carbocycles. The van der Waals surface area contributed by atoms with E-state index in [-0.39, 0.29) is 18.0 Å². The Balaban J connectivity index is 1.88. The molecule has 0 spiro atoms. The van der Waals surface area contributed by atoms with Gasteiger partial charge in [0, 0.05) is 19.4 Å². The van der Waals surface area contributed by atoms with Crippen LogP contribution in [0, 0.1) is 5.92 Å². The van der Waals surface area contributed by atoms with E-state index >= 15 is 0 Å². The minimum Gasteiger partial charge on any atom is -0.344 e. The molecule has 3 rings (SSSR count). The summed E-state index contributed by atoms with van der Waals surface area (Å²) in [5, 5.41) is 3.31. The molecule has 0 unspecified atom stereocenters. The van der Waals surface area contributed by atoms with E-state index < -0.39 is 0 Å². The Bertz CT molecular complexity index is 901. The van der Waals surface area contributed by atoms with Crippen molar-refractivity contribution in [1.82, 2.24) is 19.4 Å². The van der Waals surface area contributed by atoms with Gasteiger partial charge in [-0.3, -0.25) is 4.79 Å². The number of nitrogens with one attached hydrogen (secondary N) is 1. The fourth-order valence-electron chi connectivity index (χ4n) is 3.61. The minimum atomic E-state index is -0.207. The van der Waals surface area contributed by atoms with Crippen LogP contribution in [0.2, 0.25) is 0 Å². The number of hydrogen-bond acceptors (Lipinski definition) is 3. The number of imidazole rings is 1. The number of nitrogens with zero attached hydrogens (tertiary/aromatic N) is 3. The predicted molar refractivity (Wildman–Crippen MR) is 118 cm³/mol. The van der Waals surface area contributed by atoms with Gasteiger partial charge in [0.05, 0.1) is 17.1 Å². The second kappa shape index (κ2) is 9.32. The number of hydrogen-bond donors (Lipinski definition) is 1. The number of carbonyl (C=O) groups excluding carboxylic acids is 1. The Labute approximate surface area is 171 Å². The molecule has 1 aromatic carbocycles. The Morgan fingerprint density at radius 2 is 1.89 bits per heavy atom. The monoisotopic (exact) mass is 398 g/mol. The first-order chi connectivity index (χ1) is 13.5. The van der Waals surface area contributed by atoms with Crippen molar-refractivity contribution >= 4 is 28.7 Å². The fourth-order valence-corrected chi connectivity index (χ4v) is 4.08. The highest BCUT2D eigenvalue weighted by Crippen LogP contribution is 2.25. The summed E-state index contributed by atoms with van der Waals surface area (Å²) in [4.78, 5) is 18.1. The molecule has 0 radical (unpaired) electrons. The molecule has 1 N–H and O–H groups in total. The lowest BCUT2D eigenvalue weighted by atomic mass is 10.0. The van der Waals surface area contributed by atoms with Crippen LogP contribution in [0.15, 0.2) is 48.8 Å². The quantitative estimate of drug-likeness (QED) is 0.574. The fraction of sp³-hybridized carbons (Fsp3) is 0.455. The summed E-state index contributed by atoms with van der Waals surface area (Å²) in [6.45, 7) is 4.31. The molecule has 2 atom stereocenters. The van der Waals surface area contributed by atoms with Crippen molar-refractivity contribution in [2.24, 2.45) is 13.0 Å². The first kappa shape index (κ1) is 20.5. The van der Waals surface area contributed by atoms with E-state index in [1.165, 1.54) is 0 Å². The Morgan fingerprint density at radius 3 is 2.54 bits per heavy atom. The van der Waals surface area contributed by atoms with Gasteiger partial charge < -0.3 is 14.5 Å². The average Bonchev–Trinajstić information content (AvgIpc) is 3.32. The number of thioether (sulfide) groups is 1. The van der Waals surface area contributed by atoms with Crippen LogP contribution in [0.3, 0.4) is 0 Å². The summed E-state index contributed by atoms with van der Waals surface area (Å²) in [7, 11) is 2.03. The molecular formula is C22H30N4OS. The molecule has 28 heavy (non-hydrogen) atoms. The number of carbonyl (C=O) groups is 1. The molecule has 6 heteroatoms. The van der Waals surface area contributed by atoms with Crippen LogP contribution < -0.4 is 5.32 Å². The van der Waals surface area contributed by atoms with Gasteiger partial charge in [-0.2, -0.15) is 11.8 Å². The Kier molecular flexibility index (Phi) is 6.83. The molecule has 0 saturated heterocycles. The highest BCUT2D eigenvalue weighted by Gasteiger charge is 2.26. The summed E-state index contributed by atoms with van der Waals surface area (Å²) < 4.78 is 4.11. The largest absolute Gasteiger partial charge is 0.344 e. The van der Waals surface area contributed by atoms with Crippen LogP contribution in [0.1, 0.15) is 44.6 Å². The predicted octanol–water partition coefficient (Wildman–Crippen LogP) is 4.57. The molecule has 2 heterocycles. The van der Waals surface area contributed by atoms with Crippen molar-refractivity contribution in [1.29, 1.82) is 0 Å². The number of aromatic nitrogens is 3. The molecule has 1 amide bonds. The summed E-state index contributed by atoms with van der Waals surface area (Å²) in [6, 6.07) is 11.7. The number of amides is 1. The minimum absolute atomic E-state index is 0.0584. The van der Waals surface area contributed by atoms with E-state index in [9.17, 15) is 4.79 Å². The zero-order valence-corrected chi connectivity index (χ0v) is 17.9. The first-order valence-corrected chi connectivity index (χ1v) is 11.2. The number of rotatable bonds is 9. The lowest BCUT2D eigenvalue weighted by Crippen LogP contribution is -2.37. The summed E-state index contributed by atoms with van der Waals surface area (Å²) in [5.41, 5.74) is 2.05. The second-order valence-electron chi connectivity index (χ2n) is 7.64. The van der Waals surface area contributed by atoms with Gasteiger partial charge in [0.1, 0.15) is 11.9 Å². The summed E-state index contributed by atoms with van der Waals surface area (Å²) in [6.07, 6.45) is 7.69. The van der Waals surface area contributed by atoms with Gasteiger partial charge in [-0.05, 0) is 55.0 Å². The summed E-state index contributed by atoms with van der Waals surface area (Å²) >= 11 is 1.79. The van der Waals surface area contributed by atoms with Crippen molar-refractivity contribution < 1.29 is 4.79 Å². The molecule has 5 nitrogen and oxygen atoms in total. The lowest BCUT2D eigenvalue weighted by Gasteiger charge is -2.24. The smallest absolute Gasteiger partial charge is 0.243 e. The SMILES string of the molecule is CSCC[C@@H](NC(=O)[C@@H](CC(C)C)n1cccc1)c1nc2ccccc2n1C. The maximum absolute atomic E-state index is 13.3. The second-order valence-corrected chi connectivity index (χ2v) is 8.62. The standard InChI is InChI=1S/C22H30N4OS/c1-16(2)15-20(26-12-7-8-13-26)22(27)24-18(11-14-28-4)21-23-17-9-5-6-10-19(17)25(21)3/h5-10,12-13,16,18,20H,11,14-15H2,1-4H3,(H,24,27)/t18-,20-/m1/s1. The van der Waals surface area contributed by atoms with E-state index in [1.54, 1.807) is 11.8 Å². The van der Waals surface area contributed by atoms with Crippen molar-refractivity contribution in [2.75, 3.05) is 12.0 Å². The normalized spacial score (nSPS) is 13.8. The van der Waals surface area contributed by atoms with Gasteiger partial charge in [0.15, 0.2) is 0 Å². The third-order valence-electron chi connectivity index (χ3n) is 5.05. The van der Waals surface area contributed by atoms with Gasteiger partial charge in [-0.25, -0.2) is 4.98 Å². The van der Waals surface area contributed by atoms with E-state index in [0.29, 0.717) is 5.92 Å². The third kappa shape index (κ3) is 4.61. The highest BCUT2D eigenvalue weighted by molar-refractivity contribution is 7.98. The topological polar surface area (TPSA) is 51.9 Å². The molecule has 0 saturated carbocycles.